The van der Waals surface area contributed by atoms with Crippen molar-refractivity contribution in [1.82, 2.24) is 19.2 Å². The third-order valence-corrected chi connectivity index (χ3v) is 4.90. The number of benzene rings is 2. The van der Waals surface area contributed by atoms with E-state index < -0.39 is 0 Å². The van der Waals surface area contributed by atoms with Gasteiger partial charge in [-0.15, -0.1) is 0 Å². The topological polar surface area (TPSA) is 60.1 Å². The van der Waals surface area contributed by atoms with Crippen LogP contribution in [0, 0.1) is 0 Å². The average molecular weight is 398 g/mol. The number of aromatic nitrogens is 3. The molecule has 0 radical (unpaired) electrons. The molecule has 0 saturated carbocycles. The highest BCUT2D eigenvalue weighted by atomic mass is 16.2. The van der Waals surface area contributed by atoms with Gasteiger partial charge in [-0.2, -0.15) is 5.10 Å². The maximum atomic E-state index is 12.7. The molecule has 0 saturated heterocycles. The van der Waals surface area contributed by atoms with Gasteiger partial charge in [0.2, 0.25) is 5.91 Å². The van der Waals surface area contributed by atoms with Crippen LogP contribution in [0.25, 0.3) is 16.9 Å². The summed E-state index contributed by atoms with van der Waals surface area (Å²) in [5.41, 5.74) is 3.51. The van der Waals surface area contributed by atoms with Gasteiger partial charge >= 0.3 is 0 Å². The third kappa shape index (κ3) is 4.22. The van der Waals surface area contributed by atoms with Gasteiger partial charge < -0.3 is 9.47 Å². The van der Waals surface area contributed by atoms with E-state index in [9.17, 15) is 9.59 Å². The highest BCUT2D eigenvalue weighted by Gasteiger charge is 2.17. The summed E-state index contributed by atoms with van der Waals surface area (Å²) in [6.45, 7) is 0.390. The SMILES string of the molecule is CN(Cc1cn(-c2ccccc2)nc1-c1ccccc1)C(=O)Cn1ccccc1=O. The molecule has 1 amide bonds. The van der Waals surface area contributed by atoms with Crippen LogP contribution in [0.4, 0.5) is 0 Å². The zero-order valence-electron chi connectivity index (χ0n) is 16.7. The minimum absolute atomic E-state index is 0.00364. The zero-order valence-corrected chi connectivity index (χ0v) is 16.7. The van der Waals surface area contributed by atoms with Crippen LogP contribution in [0.5, 0.6) is 0 Å². The van der Waals surface area contributed by atoms with Gasteiger partial charge in [0.1, 0.15) is 6.54 Å². The van der Waals surface area contributed by atoms with Crippen LogP contribution >= 0.6 is 0 Å². The van der Waals surface area contributed by atoms with Gasteiger partial charge in [0.15, 0.2) is 0 Å². The van der Waals surface area contributed by atoms with E-state index in [-0.39, 0.29) is 18.0 Å². The lowest BCUT2D eigenvalue weighted by Gasteiger charge is -2.17. The van der Waals surface area contributed by atoms with Crippen molar-refractivity contribution in [3.05, 3.63) is 107 Å². The first-order chi connectivity index (χ1) is 14.6. The molecule has 0 unspecified atom stereocenters. The number of nitrogens with zero attached hydrogens (tertiary/aromatic N) is 4. The molecule has 30 heavy (non-hydrogen) atoms. The fraction of sp³-hybridized carbons (Fsp3) is 0.125. The Morgan fingerprint density at radius 1 is 0.933 bits per heavy atom. The van der Waals surface area contributed by atoms with Crippen LogP contribution in [-0.2, 0) is 17.9 Å². The van der Waals surface area contributed by atoms with Gasteiger partial charge in [0.05, 0.1) is 11.4 Å². The van der Waals surface area contributed by atoms with Crippen molar-refractivity contribution in [3.63, 3.8) is 0 Å². The molecule has 2 heterocycles. The monoisotopic (exact) mass is 398 g/mol. The number of carbonyl (C=O) groups is 1. The van der Waals surface area contributed by atoms with Gasteiger partial charge in [-0.1, -0.05) is 54.6 Å². The quantitative estimate of drug-likeness (QED) is 0.500. The Bertz CT molecular complexity index is 1200. The Balaban J connectivity index is 1.62. The number of para-hydroxylation sites is 1. The van der Waals surface area contributed by atoms with Crippen LogP contribution < -0.4 is 5.56 Å². The molecule has 0 fully saturated rings. The highest BCUT2D eigenvalue weighted by molar-refractivity contribution is 5.76. The first-order valence-corrected chi connectivity index (χ1v) is 9.70. The number of hydrogen-bond donors (Lipinski definition) is 0. The molecule has 6 heteroatoms. The summed E-state index contributed by atoms with van der Waals surface area (Å²) in [4.78, 5) is 26.3. The number of hydrogen-bond acceptors (Lipinski definition) is 3. The van der Waals surface area contributed by atoms with E-state index >= 15 is 0 Å². The standard InChI is InChI=1S/C24H22N4O2/c1-26(23(30)18-27-15-9-8-14-22(27)29)16-20-17-28(21-12-6-3-7-13-21)25-24(20)19-10-4-2-5-11-19/h2-15,17H,16,18H2,1H3. The first-order valence-electron chi connectivity index (χ1n) is 9.70. The summed E-state index contributed by atoms with van der Waals surface area (Å²) in [6.07, 6.45) is 3.58. The number of carbonyl (C=O) groups excluding carboxylic acids is 1. The number of rotatable bonds is 6. The average Bonchev–Trinajstić information content (AvgIpc) is 3.20. The summed E-state index contributed by atoms with van der Waals surface area (Å²) in [5, 5.41) is 4.78. The predicted molar refractivity (Wildman–Crippen MR) is 116 cm³/mol. The zero-order chi connectivity index (χ0) is 20.9. The maximum Gasteiger partial charge on any atom is 0.250 e. The Morgan fingerprint density at radius 2 is 1.60 bits per heavy atom. The lowest BCUT2D eigenvalue weighted by molar-refractivity contribution is -0.131. The minimum Gasteiger partial charge on any atom is -0.340 e. The van der Waals surface area contributed by atoms with Crippen molar-refractivity contribution >= 4 is 5.91 Å². The number of pyridine rings is 1. The molecule has 2 aromatic carbocycles. The van der Waals surface area contributed by atoms with Crippen molar-refractivity contribution in [3.8, 4) is 16.9 Å². The number of amides is 1. The molecule has 0 spiro atoms. The number of likely N-dealkylation sites (N-methyl/N-ethyl adjacent to an activating group) is 1. The van der Waals surface area contributed by atoms with E-state index in [2.05, 4.69) is 0 Å². The van der Waals surface area contributed by atoms with E-state index in [0.717, 1.165) is 22.5 Å². The van der Waals surface area contributed by atoms with Gasteiger partial charge in [-0.05, 0) is 18.2 Å². The molecule has 0 N–H and O–H groups in total. The van der Waals surface area contributed by atoms with E-state index in [1.165, 1.54) is 10.6 Å². The van der Waals surface area contributed by atoms with E-state index in [0.29, 0.717) is 6.54 Å². The predicted octanol–water partition coefficient (Wildman–Crippen LogP) is 3.36. The molecule has 2 aromatic heterocycles. The van der Waals surface area contributed by atoms with Crippen LogP contribution in [0.3, 0.4) is 0 Å². The van der Waals surface area contributed by atoms with Gasteiger partial charge in [0.25, 0.3) is 5.56 Å². The molecule has 0 atom stereocenters. The van der Waals surface area contributed by atoms with E-state index in [4.69, 9.17) is 5.10 Å². The first kappa shape index (κ1) is 19.4. The molecule has 6 nitrogen and oxygen atoms in total. The summed E-state index contributed by atoms with van der Waals surface area (Å²) in [7, 11) is 1.74. The second kappa shape index (κ2) is 8.61. The third-order valence-electron chi connectivity index (χ3n) is 4.90. The minimum atomic E-state index is -0.193. The Labute approximate surface area is 174 Å². The van der Waals surface area contributed by atoms with E-state index in [1.807, 2.05) is 71.5 Å². The van der Waals surface area contributed by atoms with E-state index in [1.54, 1.807) is 30.3 Å². The lowest BCUT2D eigenvalue weighted by atomic mass is 10.1. The second-order valence-electron chi connectivity index (χ2n) is 7.07. The van der Waals surface area contributed by atoms with Crippen molar-refractivity contribution in [2.45, 2.75) is 13.1 Å². The molecule has 4 rings (SSSR count). The summed E-state index contributed by atoms with van der Waals surface area (Å²) in [6, 6.07) is 24.6. The van der Waals surface area contributed by atoms with Crippen molar-refractivity contribution in [2.24, 2.45) is 0 Å². The van der Waals surface area contributed by atoms with Gasteiger partial charge in [-0.25, -0.2) is 4.68 Å². The lowest BCUT2D eigenvalue weighted by Crippen LogP contribution is -2.33. The molecular weight excluding hydrogens is 376 g/mol. The summed E-state index contributed by atoms with van der Waals surface area (Å²) < 4.78 is 3.24. The Kier molecular flexibility index (Phi) is 5.57. The van der Waals surface area contributed by atoms with Gasteiger partial charge in [0, 0.05) is 43.2 Å². The molecule has 0 aliphatic carbocycles. The van der Waals surface area contributed by atoms with Gasteiger partial charge in [-0.3, -0.25) is 9.59 Å². The maximum absolute atomic E-state index is 12.7. The van der Waals surface area contributed by atoms with Crippen molar-refractivity contribution in [2.75, 3.05) is 7.05 Å². The van der Waals surface area contributed by atoms with Crippen LogP contribution in [-0.4, -0.2) is 32.2 Å². The smallest absolute Gasteiger partial charge is 0.250 e. The summed E-state index contributed by atoms with van der Waals surface area (Å²) >= 11 is 0. The largest absolute Gasteiger partial charge is 0.340 e. The van der Waals surface area contributed by atoms with Crippen LogP contribution in [0.15, 0.2) is 96.1 Å². The normalized spacial score (nSPS) is 10.7. The fourth-order valence-corrected chi connectivity index (χ4v) is 3.28. The molecular formula is C24H22N4O2. The molecule has 0 bridgehead atoms. The second-order valence-corrected chi connectivity index (χ2v) is 7.07. The van der Waals surface area contributed by atoms with Crippen molar-refractivity contribution in [1.29, 1.82) is 0 Å². The Morgan fingerprint density at radius 3 is 2.30 bits per heavy atom. The fourth-order valence-electron chi connectivity index (χ4n) is 3.28. The molecule has 0 aliphatic heterocycles. The Hall–Kier alpha value is -3.93. The van der Waals surface area contributed by atoms with Crippen LogP contribution in [0.1, 0.15) is 5.56 Å². The molecule has 0 aliphatic rings. The molecule has 150 valence electrons. The summed E-state index contributed by atoms with van der Waals surface area (Å²) in [5.74, 6) is -0.144. The van der Waals surface area contributed by atoms with Crippen LogP contribution in [0.2, 0.25) is 0 Å². The van der Waals surface area contributed by atoms with Crippen molar-refractivity contribution < 1.29 is 4.79 Å². The highest BCUT2D eigenvalue weighted by Crippen LogP contribution is 2.24. The molecule has 4 aromatic rings.